The van der Waals surface area contributed by atoms with Crippen LogP contribution in [0.15, 0.2) is 134 Å². The molecule has 0 aliphatic carbocycles. The summed E-state index contributed by atoms with van der Waals surface area (Å²) >= 11 is 0. The van der Waals surface area contributed by atoms with Crippen molar-refractivity contribution in [1.82, 2.24) is 14.5 Å². The van der Waals surface area contributed by atoms with Crippen molar-refractivity contribution in [3.05, 3.63) is 134 Å². The van der Waals surface area contributed by atoms with E-state index in [1.165, 1.54) is 5.39 Å². The first-order valence-electron chi connectivity index (χ1n) is 14.8. The van der Waals surface area contributed by atoms with E-state index in [-0.39, 0.29) is 6.71 Å². The van der Waals surface area contributed by atoms with Gasteiger partial charge in [-0.2, -0.15) is 0 Å². The minimum absolute atomic E-state index is 0.0804. The summed E-state index contributed by atoms with van der Waals surface area (Å²) in [6.45, 7) is -0.0804. The second-order valence-corrected chi connectivity index (χ2v) is 11.4. The molecule has 0 atom stereocenters. The standard InChI is InChI=1S/C38H22BN3O2/c1-2-9-25-23(8-1)17-19-41-38(25)24-15-16-32-28(20-24)39-29-22-31-27(21-35(29)44-34-13-7-12-33(43-32)37(34)39)26-10-3-4-11-30(26)42(31)36-14-5-6-18-40-36/h1-22H. The normalized spacial score (nSPS) is 12.9. The summed E-state index contributed by atoms with van der Waals surface area (Å²) in [5.41, 5.74) is 7.47. The van der Waals surface area contributed by atoms with Crippen LogP contribution in [-0.4, -0.2) is 21.2 Å². The van der Waals surface area contributed by atoms with E-state index in [4.69, 9.17) is 19.4 Å². The van der Waals surface area contributed by atoms with E-state index in [1.54, 1.807) is 0 Å². The Hall–Kier alpha value is -5.88. The first-order chi connectivity index (χ1) is 21.8. The second kappa shape index (κ2) is 8.82. The lowest BCUT2D eigenvalue weighted by molar-refractivity contribution is 0.465. The molecule has 0 radical (unpaired) electrons. The summed E-state index contributed by atoms with van der Waals surface area (Å²) in [5.74, 6) is 4.24. The van der Waals surface area contributed by atoms with Crippen molar-refractivity contribution in [2.75, 3.05) is 0 Å². The number of pyridine rings is 2. The van der Waals surface area contributed by atoms with E-state index in [1.807, 2.05) is 42.7 Å². The summed E-state index contributed by atoms with van der Waals surface area (Å²) < 4.78 is 15.5. The highest BCUT2D eigenvalue weighted by molar-refractivity contribution is 6.98. The second-order valence-electron chi connectivity index (χ2n) is 11.4. The molecule has 2 aliphatic rings. The van der Waals surface area contributed by atoms with Crippen molar-refractivity contribution in [1.29, 1.82) is 0 Å². The number of aromatic nitrogens is 3. The molecule has 0 bridgehead atoms. The molecule has 5 nitrogen and oxygen atoms in total. The molecule has 5 heterocycles. The Morgan fingerprint density at radius 3 is 2.20 bits per heavy atom. The maximum Gasteiger partial charge on any atom is 0.260 e. The van der Waals surface area contributed by atoms with Crippen LogP contribution in [0, 0.1) is 0 Å². The Balaban J connectivity index is 1.26. The predicted molar refractivity (Wildman–Crippen MR) is 177 cm³/mol. The monoisotopic (exact) mass is 563 g/mol. The highest BCUT2D eigenvalue weighted by atomic mass is 16.5. The van der Waals surface area contributed by atoms with Gasteiger partial charge in [-0.3, -0.25) is 9.55 Å². The highest BCUT2D eigenvalue weighted by Crippen LogP contribution is 2.39. The minimum Gasteiger partial charge on any atom is -0.458 e. The van der Waals surface area contributed by atoms with Crippen LogP contribution in [0.1, 0.15) is 0 Å². The third kappa shape index (κ3) is 3.25. The maximum absolute atomic E-state index is 6.67. The number of hydrogen-bond acceptors (Lipinski definition) is 4. The van der Waals surface area contributed by atoms with Gasteiger partial charge in [0.15, 0.2) is 0 Å². The number of nitrogens with zero attached hydrogens (tertiary/aromatic N) is 3. The third-order valence-corrected chi connectivity index (χ3v) is 9.02. The SMILES string of the molecule is c1ccc(-n2c3ccccc3c3cc4c(cc32)B2c3cc(-c5nccc6ccccc56)ccc3Oc3cccc(c32)O4)nc1. The number of rotatable bonds is 2. The van der Waals surface area contributed by atoms with Gasteiger partial charge < -0.3 is 9.47 Å². The number of hydrogen-bond donors (Lipinski definition) is 0. The molecule has 5 aromatic carbocycles. The molecule has 3 aromatic heterocycles. The molecule has 2 aliphatic heterocycles. The molecule has 204 valence electrons. The van der Waals surface area contributed by atoms with Gasteiger partial charge in [0.2, 0.25) is 0 Å². The molecule has 0 saturated heterocycles. The van der Waals surface area contributed by atoms with Crippen molar-refractivity contribution in [2.45, 2.75) is 0 Å². The largest absolute Gasteiger partial charge is 0.458 e. The Morgan fingerprint density at radius 1 is 0.523 bits per heavy atom. The van der Waals surface area contributed by atoms with Crippen molar-refractivity contribution >= 4 is 55.7 Å². The zero-order valence-corrected chi connectivity index (χ0v) is 23.4. The smallest absolute Gasteiger partial charge is 0.260 e. The molecule has 0 saturated carbocycles. The molecule has 10 rings (SSSR count). The molecule has 0 fully saturated rings. The molecular formula is C38H22BN3O2. The predicted octanol–water partition coefficient (Wildman–Crippen LogP) is 7.12. The summed E-state index contributed by atoms with van der Waals surface area (Å²) in [7, 11) is 0. The zero-order valence-electron chi connectivity index (χ0n) is 23.4. The quantitative estimate of drug-likeness (QED) is 0.210. The molecule has 6 heteroatoms. The zero-order chi connectivity index (χ0) is 28.8. The van der Waals surface area contributed by atoms with E-state index in [9.17, 15) is 0 Å². The van der Waals surface area contributed by atoms with Gasteiger partial charge in [0.1, 0.15) is 28.8 Å². The lowest BCUT2D eigenvalue weighted by atomic mass is 9.34. The van der Waals surface area contributed by atoms with Crippen molar-refractivity contribution in [3.8, 4) is 40.1 Å². The molecule has 0 amide bonds. The summed E-state index contributed by atoms with van der Waals surface area (Å²) in [6.07, 6.45) is 3.73. The van der Waals surface area contributed by atoms with E-state index >= 15 is 0 Å². The Kier molecular flexibility index (Phi) is 4.74. The lowest BCUT2D eigenvalue weighted by Crippen LogP contribution is -2.57. The average molecular weight is 563 g/mol. The van der Waals surface area contributed by atoms with Gasteiger partial charge in [0, 0.05) is 39.6 Å². The fourth-order valence-corrected chi connectivity index (χ4v) is 7.12. The average Bonchev–Trinajstić information content (AvgIpc) is 3.40. The van der Waals surface area contributed by atoms with E-state index in [0.717, 1.165) is 83.7 Å². The molecular weight excluding hydrogens is 541 g/mol. The Bertz CT molecular complexity index is 2460. The van der Waals surface area contributed by atoms with E-state index in [2.05, 4.69) is 95.6 Å². The van der Waals surface area contributed by atoms with E-state index in [0.29, 0.717) is 0 Å². The number of para-hydroxylation sites is 1. The van der Waals surface area contributed by atoms with Gasteiger partial charge in [0.05, 0.1) is 16.7 Å². The first kappa shape index (κ1) is 23.7. The van der Waals surface area contributed by atoms with Crippen LogP contribution >= 0.6 is 0 Å². The highest BCUT2D eigenvalue weighted by Gasteiger charge is 2.40. The van der Waals surface area contributed by atoms with Crippen molar-refractivity contribution < 1.29 is 9.47 Å². The first-order valence-corrected chi connectivity index (χ1v) is 14.8. The Labute approximate surface area is 253 Å². The summed E-state index contributed by atoms with van der Waals surface area (Å²) in [4.78, 5) is 9.58. The van der Waals surface area contributed by atoms with Crippen LogP contribution in [-0.2, 0) is 0 Å². The molecule has 8 aromatic rings. The fraction of sp³-hybridized carbons (Fsp3) is 0. The van der Waals surface area contributed by atoms with Crippen LogP contribution < -0.4 is 25.9 Å². The molecule has 0 spiro atoms. The van der Waals surface area contributed by atoms with E-state index < -0.39 is 0 Å². The van der Waals surface area contributed by atoms with Gasteiger partial charge in [-0.05, 0) is 77.0 Å². The topological polar surface area (TPSA) is 49.2 Å². The molecule has 44 heavy (non-hydrogen) atoms. The summed E-state index contributed by atoms with van der Waals surface area (Å²) in [6, 6.07) is 42.0. The van der Waals surface area contributed by atoms with Crippen LogP contribution in [0.4, 0.5) is 0 Å². The molecule has 0 unspecified atom stereocenters. The van der Waals surface area contributed by atoms with Crippen LogP contribution in [0.2, 0.25) is 0 Å². The maximum atomic E-state index is 6.67. The van der Waals surface area contributed by atoms with Gasteiger partial charge in [-0.25, -0.2) is 4.98 Å². The fourth-order valence-electron chi connectivity index (χ4n) is 7.12. The van der Waals surface area contributed by atoms with Crippen LogP contribution in [0.3, 0.4) is 0 Å². The Morgan fingerprint density at radius 2 is 1.32 bits per heavy atom. The third-order valence-electron chi connectivity index (χ3n) is 9.02. The van der Waals surface area contributed by atoms with Crippen molar-refractivity contribution in [2.24, 2.45) is 0 Å². The lowest BCUT2D eigenvalue weighted by Gasteiger charge is -2.33. The van der Waals surface area contributed by atoms with Gasteiger partial charge in [-0.15, -0.1) is 0 Å². The number of fused-ring (bicyclic) bond motifs is 8. The number of benzene rings is 5. The van der Waals surface area contributed by atoms with Crippen molar-refractivity contribution in [3.63, 3.8) is 0 Å². The van der Waals surface area contributed by atoms with Gasteiger partial charge in [-0.1, -0.05) is 60.7 Å². The van der Waals surface area contributed by atoms with Crippen LogP contribution in [0.25, 0.3) is 49.7 Å². The van der Waals surface area contributed by atoms with Gasteiger partial charge in [0.25, 0.3) is 6.71 Å². The van der Waals surface area contributed by atoms with Crippen LogP contribution in [0.5, 0.6) is 23.0 Å². The minimum atomic E-state index is -0.0804. The summed E-state index contributed by atoms with van der Waals surface area (Å²) in [5, 5.41) is 4.59. The number of ether oxygens (including phenoxy) is 2. The molecule has 0 N–H and O–H groups in total. The van der Waals surface area contributed by atoms with Gasteiger partial charge >= 0.3 is 0 Å².